The number of allylic oxidation sites excluding steroid dienone is 3. The maximum Gasteiger partial charge on any atom is 0.453 e. The molecule has 1 aliphatic carbocycles. The molecule has 2 rings (SSSR count). The summed E-state index contributed by atoms with van der Waals surface area (Å²) < 4.78 is 10.6. The summed E-state index contributed by atoms with van der Waals surface area (Å²) in [5.41, 5.74) is 0.758. The summed E-state index contributed by atoms with van der Waals surface area (Å²) in [4.78, 5) is 0. The number of nitrogens with one attached hydrogen (secondary N) is 1. The molecule has 5 N–H and O–H groups in total. The summed E-state index contributed by atoms with van der Waals surface area (Å²) >= 11 is 0. The van der Waals surface area contributed by atoms with E-state index in [9.17, 15) is 5.11 Å². The molecular formula is C17H27NO6. The fourth-order valence-corrected chi connectivity index (χ4v) is 3.00. The minimum atomic E-state index is -3.29. The van der Waals surface area contributed by atoms with E-state index in [1.807, 2.05) is 0 Å². The first-order valence-corrected chi connectivity index (χ1v) is 8.26. The molecule has 2 unspecified atom stereocenters. The van der Waals surface area contributed by atoms with Gasteiger partial charge in [-0.15, -0.1) is 0 Å². The highest BCUT2D eigenvalue weighted by Gasteiger charge is 2.26. The van der Waals surface area contributed by atoms with Gasteiger partial charge >= 0.3 is 6.16 Å². The van der Waals surface area contributed by atoms with Gasteiger partial charge in [-0.25, -0.2) is 0 Å². The Hall–Kier alpha value is -1.38. The van der Waals surface area contributed by atoms with Crippen LogP contribution in [0, 0.1) is 5.92 Å². The van der Waals surface area contributed by atoms with E-state index in [-0.39, 0.29) is 17.8 Å². The van der Waals surface area contributed by atoms with Crippen molar-refractivity contribution in [1.29, 1.82) is 0 Å². The summed E-state index contributed by atoms with van der Waals surface area (Å²) in [5, 5.41) is 39.7. The van der Waals surface area contributed by atoms with Gasteiger partial charge in [0.15, 0.2) is 5.76 Å². The van der Waals surface area contributed by atoms with Crippen LogP contribution in [-0.2, 0) is 9.47 Å². The summed E-state index contributed by atoms with van der Waals surface area (Å²) in [6.45, 7) is 6.22. The van der Waals surface area contributed by atoms with Crippen molar-refractivity contribution in [1.82, 2.24) is 5.32 Å². The largest absolute Gasteiger partial charge is 0.491 e. The number of ether oxygens (including phenoxy) is 2. The van der Waals surface area contributed by atoms with Crippen molar-refractivity contribution in [2.75, 3.05) is 6.54 Å². The maximum atomic E-state index is 9.50. The summed E-state index contributed by atoms with van der Waals surface area (Å²) in [7, 11) is 0. The molecule has 0 aromatic carbocycles. The van der Waals surface area contributed by atoms with Gasteiger partial charge in [-0.05, 0) is 51.0 Å². The van der Waals surface area contributed by atoms with Crippen LogP contribution in [0.15, 0.2) is 35.8 Å². The molecule has 0 spiro atoms. The lowest BCUT2D eigenvalue weighted by Gasteiger charge is -2.20. The third kappa shape index (κ3) is 5.92. The zero-order chi connectivity index (χ0) is 17.7. The van der Waals surface area contributed by atoms with Crippen LogP contribution in [0.3, 0.4) is 0 Å². The normalized spacial score (nSPS) is 26.7. The molecule has 2 atom stereocenters. The van der Waals surface area contributed by atoms with Crippen LogP contribution in [-0.4, -0.2) is 45.5 Å². The molecule has 7 heteroatoms. The van der Waals surface area contributed by atoms with Gasteiger partial charge in [-0.1, -0.05) is 18.2 Å². The first-order valence-electron chi connectivity index (χ1n) is 8.26. The van der Waals surface area contributed by atoms with E-state index in [0.29, 0.717) is 18.7 Å². The predicted octanol–water partition coefficient (Wildman–Crippen LogP) is 0.822. The fraction of sp³-hybridized carbons (Fsp3) is 0.647. The minimum Gasteiger partial charge on any atom is -0.491 e. The molecule has 0 aromatic heterocycles. The Morgan fingerprint density at radius 1 is 1.21 bits per heavy atom. The van der Waals surface area contributed by atoms with E-state index in [4.69, 9.17) is 24.8 Å². The number of aliphatic hydroxyl groups excluding tert-OH is 1. The van der Waals surface area contributed by atoms with Crippen molar-refractivity contribution in [2.45, 2.75) is 57.5 Å². The molecule has 136 valence electrons. The van der Waals surface area contributed by atoms with Gasteiger partial charge in [0.25, 0.3) is 0 Å². The van der Waals surface area contributed by atoms with Crippen LogP contribution in [0.1, 0.15) is 39.0 Å². The summed E-state index contributed by atoms with van der Waals surface area (Å²) in [6, 6.07) is 0. The van der Waals surface area contributed by atoms with Gasteiger partial charge < -0.3 is 29.9 Å². The van der Waals surface area contributed by atoms with E-state index in [2.05, 4.69) is 11.9 Å². The first-order chi connectivity index (χ1) is 11.2. The van der Waals surface area contributed by atoms with Gasteiger partial charge in [0.05, 0.1) is 6.10 Å². The van der Waals surface area contributed by atoms with Gasteiger partial charge in [-0.3, -0.25) is 5.32 Å². The molecule has 1 saturated heterocycles. The van der Waals surface area contributed by atoms with Crippen LogP contribution in [0.2, 0.25) is 0 Å². The highest BCUT2D eigenvalue weighted by Crippen LogP contribution is 2.26. The second kappa shape index (κ2) is 8.13. The van der Waals surface area contributed by atoms with Crippen LogP contribution in [0.25, 0.3) is 0 Å². The molecule has 0 bridgehead atoms. The van der Waals surface area contributed by atoms with E-state index >= 15 is 0 Å². The number of aliphatic hydroxyl groups is 4. The zero-order valence-corrected chi connectivity index (χ0v) is 13.9. The molecule has 2 aliphatic rings. The molecule has 1 aliphatic heterocycles. The lowest BCUT2D eigenvalue weighted by atomic mass is 9.99. The van der Waals surface area contributed by atoms with Crippen molar-refractivity contribution in [3.63, 3.8) is 0 Å². The van der Waals surface area contributed by atoms with E-state index in [1.54, 1.807) is 13.0 Å². The van der Waals surface area contributed by atoms with Crippen molar-refractivity contribution in [2.24, 2.45) is 5.92 Å². The van der Waals surface area contributed by atoms with Gasteiger partial charge in [-0.2, -0.15) is 0 Å². The number of rotatable bonds is 7. The lowest BCUT2D eigenvalue weighted by Crippen LogP contribution is -2.31. The molecule has 1 saturated carbocycles. The highest BCUT2D eigenvalue weighted by molar-refractivity contribution is 5.27. The SMILES string of the molecule is C=C(C=CC(OC(O)(O)O)=C(C)OC1CCCC1)C1CNC(O)C1. The standard InChI is InChI=1S/C17H27NO6/c1-11(13-9-16(19)18-10-13)7-8-15(24-17(20,21)22)12(2)23-14-5-3-4-6-14/h7-8,13-14,16,18-22H,1,3-6,9-10H2,2H3. The van der Waals surface area contributed by atoms with Crippen molar-refractivity contribution in [3.8, 4) is 0 Å². The number of hydrogen-bond donors (Lipinski definition) is 5. The van der Waals surface area contributed by atoms with Gasteiger partial charge in [0, 0.05) is 6.54 Å². The van der Waals surface area contributed by atoms with E-state index in [1.165, 1.54) is 6.08 Å². The Kier molecular flexibility index (Phi) is 6.42. The monoisotopic (exact) mass is 341 g/mol. The Balaban J connectivity index is 2.06. The molecular weight excluding hydrogens is 314 g/mol. The highest BCUT2D eigenvalue weighted by atomic mass is 16.9. The van der Waals surface area contributed by atoms with Gasteiger partial charge in [0.1, 0.15) is 12.0 Å². The minimum absolute atomic E-state index is 0.0158. The Morgan fingerprint density at radius 2 is 1.88 bits per heavy atom. The number of hydrogen-bond acceptors (Lipinski definition) is 7. The molecule has 1 heterocycles. The smallest absolute Gasteiger partial charge is 0.453 e. The molecule has 0 amide bonds. The second-order valence-electron chi connectivity index (χ2n) is 6.39. The third-order valence-electron chi connectivity index (χ3n) is 4.32. The van der Waals surface area contributed by atoms with Crippen LogP contribution < -0.4 is 5.32 Å². The average molecular weight is 341 g/mol. The second-order valence-corrected chi connectivity index (χ2v) is 6.39. The van der Waals surface area contributed by atoms with Crippen LogP contribution in [0.4, 0.5) is 0 Å². The fourth-order valence-electron chi connectivity index (χ4n) is 3.00. The Morgan fingerprint density at radius 3 is 2.42 bits per heavy atom. The molecule has 24 heavy (non-hydrogen) atoms. The average Bonchev–Trinajstić information content (AvgIpc) is 3.13. The maximum absolute atomic E-state index is 9.50. The Labute approximate surface area is 141 Å². The topological polar surface area (TPSA) is 111 Å². The van der Waals surface area contributed by atoms with Crippen LogP contribution in [0.5, 0.6) is 0 Å². The van der Waals surface area contributed by atoms with Crippen molar-refractivity contribution >= 4 is 0 Å². The molecule has 2 fully saturated rings. The lowest BCUT2D eigenvalue weighted by molar-refractivity contribution is -0.441. The van der Waals surface area contributed by atoms with Crippen molar-refractivity contribution in [3.05, 3.63) is 35.8 Å². The summed E-state index contributed by atoms with van der Waals surface area (Å²) in [5.74, 6) is 0.454. The zero-order valence-electron chi connectivity index (χ0n) is 13.9. The third-order valence-corrected chi connectivity index (χ3v) is 4.32. The molecule has 0 radical (unpaired) electrons. The first kappa shape index (κ1) is 19.0. The summed E-state index contributed by atoms with van der Waals surface area (Å²) in [6.07, 6.45) is 4.02. The quantitative estimate of drug-likeness (QED) is 0.265. The van der Waals surface area contributed by atoms with Crippen LogP contribution >= 0.6 is 0 Å². The van der Waals surface area contributed by atoms with Crippen molar-refractivity contribution < 1.29 is 29.9 Å². The van der Waals surface area contributed by atoms with Gasteiger partial charge in [0.2, 0.25) is 0 Å². The van der Waals surface area contributed by atoms with E-state index < -0.39 is 12.4 Å². The van der Waals surface area contributed by atoms with E-state index in [0.717, 1.165) is 31.3 Å². The molecule has 7 nitrogen and oxygen atoms in total. The Bertz CT molecular complexity index is 502. The molecule has 0 aromatic rings. The predicted molar refractivity (Wildman–Crippen MR) is 86.9 cm³/mol.